The Morgan fingerprint density at radius 3 is 2.02 bits per heavy atom. The molecule has 0 fully saturated rings. The number of ether oxygens (including phenoxy) is 2. The van der Waals surface area contributed by atoms with Gasteiger partial charge in [0, 0.05) is 17.5 Å². The Bertz CT molecular complexity index is 1440. The minimum atomic E-state index is -4.17. The van der Waals surface area contributed by atoms with Crippen LogP contribution in [0.5, 0.6) is 11.5 Å². The number of rotatable bonds is 15. The lowest BCUT2D eigenvalue weighted by atomic mass is 10.1. The molecule has 0 bridgehead atoms. The van der Waals surface area contributed by atoms with Crippen molar-refractivity contribution in [2.75, 3.05) is 30.8 Å². The number of thioether (sulfide) groups is 1. The Balaban J connectivity index is 2.06. The highest BCUT2D eigenvalue weighted by molar-refractivity contribution is 7.98. The van der Waals surface area contributed by atoms with Crippen molar-refractivity contribution in [3.8, 4) is 11.5 Å². The summed E-state index contributed by atoms with van der Waals surface area (Å²) in [6.45, 7) is 7.44. The van der Waals surface area contributed by atoms with E-state index in [-0.39, 0.29) is 23.4 Å². The fourth-order valence-corrected chi connectivity index (χ4v) is 6.33. The highest BCUT2D eigenvalue weighted by Gasteiger charge is 2.34. The van der Waals surface area contributed by atoms with Crippen molar-refractivity contribution in [1.82, 2.24) is 10.2 Å². The fourth-order valence-electron chi connectivity index (χ4n) is 4.51. The van der Waals surface area contributed by atoms with E-state index < -0.39 is 28.5 Å². The molecule has 1 N–H and O–H groups in total. The lowest BCUT2D eigenvalue weighted by molar-refractivity contribution is -0.140. The zero-order valence-corrected chi connectivity index (χ0v) is 27.2. The van der Waals surface area contributed by atoms with Gasteiger partial charge in [0.25, 0.3) is 10.0 Å². The Labute approximate surface area is 259 Å². The predicted molar refractivity (Wildman–Crippen MR) is 171 cm³/mol. The quantitative estimate of drug-likeness (QED) is 0.227. The van der Waals surface area contributed by atoms with Crippen LogP contribution in [0, 0.1) is 0 Å². The first-order valence-electron chi connectivity index (χ1n) is 14.2. The second-order valence-electron chi connectivity index (χ2n) is 10.1. The topological polar surface area (TPSA) is 105 Å². The van der Waals surface area contributed by atoms with Gasteiger partial charge in [0.05, 0.1) is 24.3 Å². The summed E-state index contributed by atoms with van der Waals surface area (Å²) in [7, 11) is -2.60. The maximum absolute atomic E-state index is 14.2. The average molecular weight is 628 g/mol. The third kappa shape index (κ3) is 8.90. The number of benzene rings is 3. The van der Waals surface area contributed by atoms with E-state index in [0.717, 1.165) is 14.8 Å². The van der Waals surface area contributed by atoms with E-state index in [1.165, 1.54) is 28.8 Å². The smallest absolute Gasteiger partial charge is 0.264 e. The van der Waals surface area contributed by atoms with E-state index in [1.54, 1.807) is 55.6 Å². The maximum Gasteiger partial charge on any atom is 0.264 e. The fraction of sp³-hybridized carbons (Fsp3) is 0.375. The van der Waals surface area contributed by atoms with Gasteiger partial charge >= 0.3 is 0 Å². The van der Waals surface area contributed by atoms with Crippen LogP contribution in [0.4, 0.5) is 5.69 Å². The van der Waals surface area contributed by atoms with Crippen molar-refractivity contribution >= 4 is 39.3 Å². The summed E-state index contributed by atoms with van der Waals surface area (Å²) in [4.78, 5) is 29.9. The molecule has 43 heavy (non-hydrogen) atoms. The number of carbonyl (C=O) groups is 2. The van der Waals surface area contributed by atoms with E-state index in [1.807, 2.05) is 46.1 Å². The first kappa shape index (κ1) is 33.8. The van der Waals surface area contributed by atoms with Gasteiger partial charge in [-0.25, -0.2) is 8.42 Å². The van der Waals surface area contributed by atoms with Gasteiger partial charge in [-0.1, -0.05) is 19.1 Å². The number of hydrogen-bond acceptors (Lipinski definition) is 7. The van der Waals surface area contributed by atoms with Crippen LogP contribution >= 0.6 is 11.8 Å². The Morgan fingerprint density at radius 2 is 1.51 bits per heavy atom. The lowest BCUT2D eigenvalue weighted by Gasteiger charge is -2.33. The Kier molecular flexibility index (Phi) is 12.3. The van der Waals surface area contributed by atoms with Crippen molar-refractivity contribution in [3.05, 3.63) is 78.4 Å². The normalized spacial score (nSPS) is 12.0. The molecule has 0 aliphatic heterocycles. The molecule has 0 aliphatic rings. The molecule has 3 rings (SSSR count). The largest absolute Gasteiger partial charge is 0.497 e. The first-order chi connectivity index (χ1) is 20.5. The molecular weight excluding hydrogens is 587 g/mol. The van der Waals surface area contributed by atoms with Gasteiger partial charge in [0.2, 0.25) is 11.8 Å². The highest BCUT2D eigenvalue weighted by atomic mass is 32.2. The van der Waals surface area contributed by atoms with Crippen molar-refractivity contribution in [3.63, 3.8) is 0 Å². The highest BCUT2D eigenvalue weighted by Crippen LogP contribution is 2.28. The van der Waals surface area contributed by atoms with Crippen LogP contribution in [0.25, 0.3) is 0 Å². The van der Waals surface area contributed by atoms with Crippen molar-refractivity contribution in [2.24, 2.45) is 0 Å². The molecule has 3 aromatic rings. The number of nitrogens with zero attached hydrogens (tertiary/aromatic N) is 2. The standard InChI is InChI=1S/C32H41N3O6S2/c1-7-30(32(37)33-23(3)4)34(21-24-9-13-26(40-5)14-10-24)31(36)22-35(25-11-15-27(16-12-25)41-8-2)43(38,39)29-19-17-28(42-6)18-20-29/h9-20,23,30H,7-8,21-22H2,1-6H3,(H,33,37). The summed E-state index contributed by atoms with van der Waals surface area (Å²) in [5, 5.41) is 2.90. The number of carbonyl (C=O) groups excluding carboxylic acids is 2. The number of hydrogen-bond donors (Lipinski definition) is 1. The maximum atomic E-state index is 14.2. The third-order valence-corrected chi connectivity index (χ3v) is 9.22. The van der Waals surface area contributed by atoms with Crippen LogP contribution in [0.1, 0.15) is 39.7 Å². The van der Waals surface area contributed by atoms with Gasteiger partial charge in [-0.15, -0.1) is 11.8 Å². The number of amides is 2. The van der Waals surface area contributed by atoms with Gasteiger partial charge in [-0.3, -0.25) is 13.9 Å². The van der Waals surface area contributed by atoms with Gasteiger partial charge in [-0.2, -0.15) is 0 Å². The van der Waals surface area contributed by atoms with Gasteiger partial charge in [-0.05, 0) is 99.7 Å². The molecule has 0 aliphatic carbocycles. The monoisotopic (exact) mass is 627 g/mol. The summed E-state index contributed by atoms with van der Waals surface area (Å²) in [6, 6.07) is 19.3. The molecule has 0 saturated heterocycles. The van der Waals surface area contributed by atoms with E-state index in [2.05, 4.69) is 5.32 Å². The summed E-state index contributed by atoms with van der Waals surface area (Å²) in [6.07, 6.45) is 2.25. The summed E-state index contributed by atoms with van der Waals surface area (Å²) in [5.74, 6) is 0.422. The van der Waals surface area contributed by atoms with Crippen molar-refractivity contribution < 1.29 is 27.5 Å². The van der Waals surface area contributed by atoms with E-state index >= 15 is 0 Å². The van der Waals surface area contributed by atoms with Crippen molar-refractivity contribution in [1.29, 1.82) is 0 Å². The molecule has 0 aromatic heterocycles. The van der Waals surface area contributed by atoms with Crippen LogP contribution < -0.4 is 19.1 Å². The minimum absolute atomic E-state index is 0.0540. The predicted octanol–water partition coefficient (Wildman–Crippen LogP) is 5.34. The second-order valence-corrected chi connectivity index (χ2v) is 12.8. The van der Waals surface area contributed by atoms with E-state index in [4.69, 9.17) is 9.47 Å². The van der Waals surface area contributed by atoms with Gasteiger partial charge < -0.3 is 19.7 Å². The van der Waals surface area contributed by atoms with Crippen LogP contribution in [0.3, 0.4) is 0 Å². The Hall–Kier alpha value is -3.70. The van der Waals surface area contributed by atoms with E-state index in [0.29, 0.717) is 30.2 Å². The number of methoxy groups -OCH3 is 1. The summed E-state index contributed by atoms with van der Waals surface area (Å²) in [5.41, 5.74) is 1.07. The number of sulfonamides is 1. The molecule has 3 aromatic carbocycles. The molecule has 1 atom stereocenters. The van der Waals surface area contributed by atoms with Crippen LogP contribution in [0.2, 0.25) is 0 Å². The van der Waals surface area contributed by atoms with E-state index in [9.17, 15) is 18.0 Å². The third-order valence-electron chi connectivity index (χ3n) is 6.69. The zero-order valence-electron chi connectivity index (χ0n) is 25.6. The molecule has 2 amide bonds. The molecule has 1 unspecified atom stereocenters. The Morgan fingerprint density at radius 1 is 0.907 bits per heavy atom. The van der Waals surface area contributed by atoms with Crippen LogP contribution in [-0.2, 0) is 26.2 Å². The van der Waals surface area contributed by atoms with Crippen LogP contribution in [0.15, 0.2) is 82.6 Å². The summed E-state index contributed by atoms with van der Waals surface area (Å²) < 4.78 is 40.0. The molecule has 0 radical (unpaired) electrons. The number of nitrogens with one attached hydrogen (secondary N) is 1. The van der Waals surface area contributed by atoms with Gasteiger partial charge in [0.15, 0.2) is 0 Å². The molecule has 0 spiro atoms. The molecule has 0 saturated carbocycles. The SMILES string of the molecule is CCOc1ccc(N(CC(=O)N(Cc2ccc(OC)cc2)C(CC)C(=O)NC(C)C)S(=O)(=O)c2ccc(SC)cc2)cc1. The molecule has 232 valence electrons. The molecule has 0 heterocycles. The lowest BCUT2D eigenvalue weighted by Crippen LogP contribution is -2.53. The second kappa shape index (κ2) is 15.7. The van der Waals surface area contributed by atoms with Crippen molar-refractivity contribution in [2.45, 2.75) is 62.5 Å². The minimum Gasteiger partial charge on any atom is -0.497 e. The molecule has 9 nitrogen and oxygen atoms in total. The average Bonchev–Trinajstić information content (AvgIpc) is 3.00. The number of anilines is 1. The zero-order chi connectivity index (χ0) is 31.6. The van der Waals surface area contributed by atoms with Crippen LogP contribution in [-0.4, -0.2) is 63.7 Å². The first-order valence-corrected chi connectivity index (χ1v) is 16.8. The molecular formula is C32H41N3O6S2. The van der Waals surface area contributed by atoms with Gasteiger partial charge in [0.1, 0.15) is 24.1 Å². The summed E-state index contributed by atoms with van der Waals surface area (Å²) >= 11 is 1.50. The molecule has 11 heteroatoms.